The van der Waals surface area contributed by atoms with Gasteiger partial charge in [0.1, 0.15) is 11.6 Å². The molecule has 29 heavy (non-hydrogen) atoms. The summed E-state index contributed by atoms with van der Waals surface area (Å²) < 4.78 is 66.3. The minimum atomic E-state index is -4.70. The quantitative estimate of drug-likeness (QED) is 0.647. The molecule has 1 N–H and O–H groups in total. The van der Waals surface area contributed by atoms with Crippen LogP contribution in [0.25, 0.3) is 5.69 Å². The number of anilines is 1. The molecule has 150 valence electrons. The molecule has 5 nitrogen and oxygen atoms in total. The number of alkyl halides is 3. The van der Waals surface area contributed by atoms with Crippen molar-refractivity contribution in [1.29, 1.82) is 0 Å². The Balaban J connectivity index is 1.77. The minimum absolute atomic E-state index is 0.118. The van der Waals surface area contributed by atoms with E-state index in [1.165, 1.54) is 41.1 Å². The third-order valence-electron chi connectivity index (χ3n) is 4.45. The summed E-state index contributed by atoms with van der Waals surface area (Å²) >= 11 is 0. The molecule has 0 saturated heterocycles. The van der Waals surface area contributed by atoms with Crippen molar-refractivity contribution in [2.75, 3.05) is 5.32 Å². The monoisotopic (exact) mass is 423 g/mol. The van der Waals surface area contributed by atoms with Crippen LogP contribution in [0.3, 0.4) is 0 Å². The van der Waals surface area contributed by atoms with Crippen molar-refractivity contribution in [1.82, 2.24) is 9.78 Å². The third-order valence-corrected chi connectivity index (χ3v) is 5.66. The van der Waals surface area contributed by atoms with Gasteiger partial charge in [0.05, 0.1) is 34.0 Å². The SMILES string of the molecule is O=C(Nc1c2c(nn1-c1ccc(F)cc1)C[S@@](=O)C2)c1ccccc1C(F)(F)F. The number of fused-ring (bicyclic) bond motifs is 1. The molecular formula is C19H13F4N3O2S. The highest BCUT2D eigenvalue weighted by Crippen LogP contribution is 2.34. The molecule has 4 rings (SSSR count). The zero-order valence-electron chi connectivity index (χ0n) is 14.7. The Morgan fingerprint density at radius 2 is 1.76 bits per heavy atom. The van der Waals surface area contributed by atoms with Crippen molar-refractivity contribution in [3.63, 3.8) is 0 Å². The third kappa shape index (κ3) is 3.67. The highest BCUT2D eigenvalue weighted by molar-refractivity contribution is 7.83. The summed E-state index contributed by atoms with van der Waals surface area (Å²) in [6.07, 6.45) is -4.70. The molecular weight excluding hydrogens is 410 g/mol. The Morgan fingerprint density at radius 3 is 2.45 bits per heavy atom. The number of carbonyl (C=O) groups is 1. The first kappa shape index (κ1) is 19.3. The van der Waals surface area contributed by atoms with Gasteiger partial charge in [-0.2, -0.15) is 18.3 Å². The summed E-state index contributed by atoms with van der Waals surface area (Å²) in [4.78, 5) is 12.7. The average Bonchev–Trinajstić information content (AvgIpc) is 3.19. The van der Waals surface area contributed by atoms with Gasteiger partial charge in [-0.1, -0.05) is 12.1 Å². The maximum Gasteiger partial charge on any atom is 0.417 e. The number of hydrogen-bond donors (Lipinski definition) is 1. The standard InChI is InChI=1S/C19H13F4N3O2S/c20-11-5-7-12(8-6-11)26-17(14-9-29(28)10-16(14)25-26)24-18(27)13-3-1-2-4-15(13)19(21,22)23/h1-8H,9-10H2,(H,24,27)/t29-/m0/s1. The lowest BCUT2D eigenvalue weighted by atomic mass is 10.1. The molecule has 1 atom stereocenters. The number of aromatic nitrogens is 2. The molecule has 1 aliphatic rings. The summed E-state index contributed by atoms with van der Waals surface area (Å²) in [7, 11) is -1.21. The van der Waals surface area contributed by atoms with E-state index in [1.54, 1.807) is 0 Å². The Kier molecular flexibility index (Phi) is 4.73. The van der Waals surface area contributed by atoms with Crippen LogP contribution < -0.4 is 5.32 Å². The van der Waals surface area contributed by atoms with Crippen molar-refractivity contribution in [2.24, 2.45) is 0 Å². The molecule has 0 fully saturated rings. The highest BCUT2D eigenvalue weighted by Gasteiger charge is 2.36. The van der Waals surface area contributed by atoms with Gasteiger partial charge in [0.2, 0.25) is 0 Å². The Morgan fingerprint density at radius 1 is 1.07 bits per heavy atom. The number of amides is 1. The molecule has 2 heterocycles. The number of nitrogens with one attached hydrogen (secondary N) is 1. The smallest absolute Gasteiger partial charge is 0.306 e. The average molecular weight is 423 g/mol. The van der Waals surface area contributed by atoms with E-state index in [0.29, 0.717) is 16.9 Å². The second-order valence-corrected chi connectivity index (χ2v) is 7.85. The lowest BCUT2D eigenvalue weighted by Gasteiger charge is -2.14. The topological polar surface area (TPSA) is 64.0 Å². The van der Waals surface area contributed by atoms with E-state index in [4.69, 9.17) is 0 Å². The number of halogens is 4. The van der Waals surface area contributed by atoms with E-state index in [-0.39, 0.29) is 17.3 Å². The molecule has 1 aromatic heterocycles. The van der Waals surface area contributed by atoms with Gasteiger partial charge in [-0.25, -0.2) is 9.07 Å². The highest BCUT2D eigenvalue weighted by atomic mass is 32.2. The molecule has 0 bridgehead atoms. The van der Waals surface area contributed by atoms with Gasteiger partial charge in [0, 0.05) is 16.4 Å². The van der Waals surface area contributed by atoms with Gasteiger partial charge in [-0.15, -0.1) is 0 Å². The zero-order valence-corrected chi connectivity index (χ0v) is 15.5. The number of rotatable bonds is 3. The molecule has 3 aromatic rings. The fourth-order valence-corrected chi connectivity index (χ4v) is 4.39. The molecule has 0 radical (unpaired) electrons. The first-order valence-electron chi connectivity index (χ1n) is 8.43. The molecule has 2 aromatic carbocycles. The zero-order chi connectivity index (χ0) is 20.8. The van der Waals surface area contributed by atoms with Crippen LogP contribution in [0.5, 0.6) is 0 Å². The largest absolute Gasteiger partial charge is 0.417 e. The molecule has 0 unspecified atom stereocenters. The van der Waals surface area contributed by atoms with Crippen LogP contribution in [0, 0.1) is 5.82 Å². The lowest BCUT2D eigenvalue weighted by molar-refractivity contribution is -0.137. The second-order valence-electron chi connectivity index (χ2n) is 6.39. The molecule has 1 aliphatic heterocycles. The van der Waals surface area contributed by atoms with Gasteiger partial charge >= 0.3 is 6.18 Å². The van der Waals surface area contributed by atoms with Gasteiger partial charge < -0.3 is 5.32 Å². The molecule has 10 heteroatoms. The Bertz CT molecular complexity index is 1120. The van der Waals surface area contributed by atoms with Crippen LogP contribution in [0.2, 0.25) is 0 Å². The van der Waals surface area contributed by atoms with Gasteiger partial charge in [-0.3, -0.25) is 9.00 Å². The van der Waals surface area contributed by atoms with E-state index < -0.39 is 39.8 Å². The van der Waals surface area contributed by atoms with Crippen LogP contribution >= 0.6 is 0 Å². The van der Waals surface area contributed by atoms with E-state index >= 15 is 0 Å². The first-order valence-corrected chi connectivity index (χ1v) is 9.92. The summed E-state index contributed by atoms with van der Waals surface area (Å²) in [6.45, 7) is 0. The van der Waals surface area contributed by atoms with Crippen LogP contribution in [0.4, 0.5) is 23.4 Å². The van der Waals surface area contributed by atoms with Crippen LogP contribution in [0.1, 0.15) is 27.2 Å². The number of nitrogens with zero attached hydrogens (tertiary/aromatic N) is 2. The van der Waals surface area contributed by atoms with Crippen molar-refractivity contribution in [3.05, 3.63) is 76.7 Å². The van der Waals surface area contributed by atoms with E-state index in [0.717, 1.165) is 12.1 Å². The molecule has 1 amide bonds. The summed E-state index contributed by atoms with van der Waals surface area (Å²) in [5, 5.41) is 6.81. The number of hydrogen-bond acceptors (Lipinski definition) is 3. The summed E-state index contributed by atoms with van der Waals surface area (Å²) in [5.74, 6) is -1.03. The maximum atomic E-state index is 13.3. The Labute approximate surface area is 164 Å². The maximum absolute atomic E-state index is 13.3. The lowest BCUT2D eigenvalue weighted by Crippen LogP contribution is -2.21. The van der Waals surface area contributed by atoms with Crippen molar-refractivity contribution < 1.29 is 26.6 Å². The molecule has 0 saturated carbocycles. The van der Waals surface area contributed by atoms with Crippen molar-refractivity contribution in [3.8, 4) is 5.69 Å². The number of carbonyl (C=O) groups excluding carboxylic acids is 1. The van der Waals surface area contributed by atoms with Gasteiger partial charge in [-0.05, 0) is 36.4 Å². The van der Waals surface area contributed by atoms with Crippen molar-refractivity contribution in [2.45, 2.75) is 17.7 Å². The summed E-state index contributed by atoms with van der Waals surface area (Å²) in [6, 6.07) is 9.68. The molecule has 0 aliphatic carbocycles. The minimum Gasteiger partial charge on any atom is -0.306 e. The van der Waals surface area contributed by atoms with Gasteiger partial charge in [0.25, 0.3) is 5.91 Å². The van der Waals surface area contributed by atoms with E-state index in [1.807, 2.05) is 0 Å². The Hall–Kier alpha value is -3.01. The van der Waals surface area contributed by atoms with Crippen LogP contribution in [-0.2, 0) is 28.5 Å². The van der Waals surface area contributed by atoms with Crippen molar-refractivity contribution >= 4 is 22.5 Å². The van der Waals surface area contributed by atoms with Gasteiger partial charge in [0.15, 0.2) is 0 Å². The fraction of sp³-hybridized carbons (Fsp3) is 0.158. The number of benzene rings is 2. The summed E-state index contributed by atoms with van der Waals surface area (Å²) in [5.41, 5.74) is -0.228. The predicted molar refractivity (Wildman–Crippen MR) is 98.5 cm³/mol. The van der Waals surface area contributed by atoms with Crippen LogP contribution in [-0.4, -0.2) is 19.9 Å². The first-order chi connectivity index (χ1) is 13.7. The fourth-order valence-electron chi connectivity index (χ4n) is 3.13. The predicted octanol–water partition coefficient (Wildman–Crippen LogP) is 4.04. The van der Waals surface area contributed by atoms with Crippen LogP contribution in [0.15, 0.2) is 48.5 Å². The van der Waals surface area contributed by atoms with E-state index in [9.17, 15) is 26.6 Å². The normalized spacial score (nSPS) is 15.9. The molecule has 0 spiro atoms. The second kappa shape index (κ2) is 7.11. The van der Waals surface area contributed by atoms with E-state index in [2.05, 4.69) is 10.4 Å².